The van der Waals surface area contributed by atoms with Gasteiger partial charge in [-0.25, -0.2) is 0 Å². The summed E-state index contributed by atoms with van der Waals surface area (Å²) in [6, 6.07) is 4.42. The van der Waals surface area contributed by atoms with Gasteiger partial charge in [-0.1, -0.05) is 0 Å². The van der Waals surface area contributed by atoms with E-state index in [4.69, 9.17) is 16.3 Å². The summed E-state index contributed by atoms with van der Waals surface area (Å²) in [4.78, 5) is 49.4. The third-order valence-electron chi connectivity index (χ3n) is 4.02. The summed E-state index contributed by atoms with van der Waals surface area (Å²) >= 11 is 5.46. The number of nitrogens with zero attached hydrogens (tertiary/aromatic N) is 1. The molecule has 0 fully saturated rings. The minimum Gasteiger partial charge on any atom is -0.385 e. The standard InChI is InChI=1S/C18H22ClN3O5/c1-27-10-2-9-22-17(25)13-4-3-12(11-14(13)18(22)26)16(24)21-8-7-20-15(23)5-6-19/h3-4,11H,2,5-10H2,1H3,(H,20,23)(H,21,24). The fourth-order valence-electron chi connectivity index (χ4n) is 2.66. The molecule has 0 aromatic heterocycles. The second-order valence-corrected chi connectivity index (χ2v) is 6.29. The fourth-order valence-corrected chi connectivity index (χ4v) is 2.83. The number of methoxy groups -OCH3 is 1. The molecule has 8 nitrogen and oxygen atoms in total. The van der Waals surface area contributed by atoms with Crippen LogP contribution in [-0.4, -0.2) is 67.8 Å². The highest BCUT2D eigenvalue weighted by Gasteiger charge is 2.35. The van der Waals surface area contributed by atoms with Crippen LogP contribution in [0.3, 0.4) is 0 Å². The number of rotatable bonds is 10. The van der Waals surface area contributed by atoms with E-state index < -0.39 is 5.91 Å². The lowest BCUT2D eigenvalue weighted by Crippen LogP contribution is -2.34. The first kappa shape index (κ1) is 20.9. The number of alkyl halides is 1. The Morgan fingerprint density at radius 1 is 1.11 bits per heavy atom. The predicted octanol–water partition coefficient (Wildman–Crippen LogP) is 0.794. The quantitative estimate of drug-likeness (QED) is 0.346. The van der Waals surface area contributed by atoms with E-state index in [1.165, 1.54) is 18.2 Å². The zero-order valence-electron chi connectivity index (χ0n) is 15.0. The van der Waals surface area contributed by atoms with Crippen molar-refractivity contribution in [2.45, 2.75) is 12.8 Å². The number of hydrogen-bond donors (Lipinski definition) is 2. The minimum atomic E-state index is -0.408. The highest BCUT2D eigenvalue weighted by molar-refractivity contribution is 6.22. The number of fused-ring (bicyclic) bond motifs is 1. The molecule has 9 heteroatoms. The molecule has 0 unspecified atom stereocenters. The van der Waals surface area contributed by atoms with Crippen molar-refractivity contribution in [2.75, 3.05) is 39.2 Å². The Morgan fingerprint density at radius 2 is 1.81 bits per heavy atom. The summed E-state index contributed by atoms with van der Waals surface area (Å²) in [5.74, 6) is -1.10. The lowest BCUT2D eigenvalue weighted by atomic mass is 10.1. The number of benzene rings is 1. The lowest BCUT2D eigenvalue weighted by molar-refractivity contribution is -0.120. The zero-order chi connectivity index (χ0) is 19.8. The molecule has 4 amide bonds. The maximum atomic E-state index is 12.4. The van der Waals surface area contributed by atoms with Crippen LogP contribution in [0.25, 0.3) is 0 Å². The van der Waals surface area contributed by atoms with E-state index in [1.807, 2.05) is 0 Å². The molecule has 1 aliphatic heterocycles. The third kappa shape index (κ3) is 5.27. The van der Waals surface area contributed by atoms with Crippen LogP contribution in [0.4, 0.5) is 0 Å². The molecule has 27 heavy (non-hydrogen) atoms. The average Bonchev–Trinajstić information content (AvgIpc) is 2.90. The number of ether oxygens (including phenoxy) is 1. The van der Waals surface area contributed by atoms with E-state index in [0.29, 0.717) is 18.6 Å². The molecule has 146 valence electrons. The third-order valence-corrected chi connectivity index (χ3v) is 4.21. The van der Waals surface area contributed by atoms with Crippen molar-refractivity contribution in [2.24, 2.45) is 0 Å². The van der Waals surface area contributed by atoms with Gasteiger partial charge in [0.25, 0.3) is 17.7 Å². The second kappa shape index (κ2) is 10.0. The summed E-state index contributed by atoms with van der Waals surface area (Å²) in [7, 11) is 1.55. The number of imide groups is 1. The smallest absolute Gasteiger partial charge is 0.261 e. The van der Waals surface area contributed by atoms with Gasteiger partial charge in [-0.15, -0.1) is 11.6 Å². The van der Waals surface area contributed by atoms with Crippen LogP contribution in [0.1, 0.15) is 43.9 Å². The Labute approximate surface area is 162 Å². The Kier molecular flexibility index (Phi) is 7.75. The van der Waals surface area contributed by atoms with Gasteiger partial charge in [-0.05, 0) is 24.6 Å². The molecule has 0 saturated carbocycles. The van der Waals surface area contributed by atoms with Gasteiger partial charge in [-0.3, -0.25) is 24.1 Å². The molecule has 0 atom stereocenters. The Balaban J connectivity index is 1.94. The molecule has 2 rings (SSSR count). The molecule has 1 aromatic rings. The highest BCUT2D eigenvalue weighted by atomic mass is 35.5. The van der Waals surface area contributed by atoms with Crippen LogP contribution in [0.15, 0.2) is 18.2 Å². The maximum Gasteiger partial charge on any atom is 0.261 e. The van der Waals surface area contributed by atoms with E-state index >= 15 is 0 Å². The van der Waals surface area contributed by atoms with Crippen molar-refractivity contribution in [3.05, 3.63) is 34.9 Å². The minimum absolute atomic E-state index is 0.186. The van der Waals surface area contributed by atoms with E-state index in [1.54, 1.807) is 7.11 Å². The largest absolute Gasteiger partial charge is 0.385 e. The van der Waals surface area contributed by atoms with Gasteiger partial charge in [0.1, 0.15) is 0 Å². The number of halogens is 1. The first-order valence-corrected chi connectivity index (χ1v) is 9.13. The fraction of sp³-hybridized carbons (Fsp3) is 0.444. The van der Waals surface area contributed by atoms with Crippen LogP contribution >= 0.6 is 11.6 Å². The summed E-state index contributed by atoms with van der Waals surface area (Å²) in [5, 5.41) is 5.28. The van der Waals surface area contributed by atoms with E-state index in [2.05, 4.69) is 10.6 Å². The molecule has 1 heterocycles. The molecular weight excluding hydrogens is 374 g/mol. The van der Waals surface area contributed by atoms with E-state index in [0.717, 1.165) is 4.90 Å². The van der Waals surface area contributed by atoms with Gasteiger partial charge < -0.3 is 15.4 Å². The van der Waals surface area contributed by atoms with Gasteiger partial charge in [-0.2, -0.15) is 0 Å². The van der Waals surface area contributed by atoms with E-state index in [9.17, 15) is 19.2 Å². The monoisotopic (exact) mass is 395 g/mol. The second-order valence-electron chi connectivity index (χ2n) is 5.91. The van der Waals surface area contributed by atoms with Crippen LogP contribution < -0.4 is 10.6 Å². The first-order valence-electron chi connectivity index (χ1n) is 8.59. The van der Waals surface area contributed by atoms with Crippen molar-refractivity contribution in [3.8, 4) is 0 Å². The highest BCUT2D eigenvalue weighted by Crippen LogP contribution is 2.24. The lowest BCUT2D eigenvalue weighted by Gasteiger charge is -2.12. The normalized spacial score (nSPS) is 12.9. The Morgan fingerprint density at radius 3 is 2.52 bits per heavy atom. The van der Waals surface area contributed by atoms with Gasteiger partial charge in [0.2, 0.25) is 5.91 Å². The average molecular weight is 396 g/mol. The number of amides is 4. The Hall–Kier alpha value is -2.45. The number of carbonyl (C=O) groups excluding carboxylic acids is 4. The van der Waals surface area contributed by atoms with Crippen LogP contribution in [0.5, 0.6) is 0 Å². The first-order chi connectivity index (χ1) is 13.0. The molecule has 0 aliphatic carbocycles. The molecule has 0 bridgehead atoms. The van der Waals surface area contributed by atoms with Crippen LogP contribution in [0.2, 0.25) is 0 Å². The maximum absolute atomic E-state index is 12.4. The number of carbonyl (C=O) groups is 4. The number of nitrogens with one attached hydrogen (secondary N) is 2. The summed E-state index contributed by atoms with van der Waals surface area (Å²) in [5.41, 5.74) is 0.795. The predicted molar refractivity (Wildman–Crippen MR) is 99.0 cm³/mol. The Bertz CT molecular complexity index is 738. The molecule has 0 saturated heterocycles. The zero-order valence-corrected chi connectivity index (χ0v) is 15.8. The molecule has 1 aliphatic rings. The molecule has 0 spiro atoms. The van der Waals surface area contributed by atoms with E-state index in [-0.39, 0.29) is 60.8 Å². The SMILES string of the molecule is COCCCN1C(=O)c2ccc(C(=O)NCCNC(=O)CCCl)cc2C1=O. The van der Waals surface area contributed by atoms with Crippen molar-refractivity contribution < 1.29 is 23.9 Å². The van der Waals surface area contributed by atoms with Gasteiger partial charge in [0, 0.05) is 51.2 Å². The molecule has 1 aromatic carbocycles. The topological polar surface area (TPSA) is 105 Å². The summed E-state index contributed by atoms with van der Waals surface area (Å²) in [6.45, 7) is 1.23. The van der Waals surface area contributed by atoms with Crippen molar-refractivity contribution in [1.29, 1.82) is 0 Å². The van der Waals surface area contributed by atoms with Crippen molar-refractivity contribution in [1.82, 2.24) is 15.5 Å². The van der Waals surface area contributed by atoms with Crippen molar-refractivity contribution in [3.63, 3.8) is 0 Å². The summed E-state index contributed by atoms with van der Waals surface area (Å²) in [6.07, 6.45) is 0.766. The van der Waals surface area contributed by atoms with Gasteiger partial charge in [0.15, 0.2) is 0 Å². The van der Waals surface area contributed by atoms with Crippen LogP contribution in [-0.2, 0) is 9.53 Å². The van der Waals surface area contributed by atoms with Gasteiger partial charge in [0.05, 0.1) is 11.1 Å². The summed E-state index contributed by atoms with van der Waals surface area (Å²) < 4.78 is 4.94. The van der Waals surface area contributed by atoms with Crippen LogP contribution in [0, 0.1) is 0 Å². The number of hydrogen-bond acceptors (Lipinski definition) is 5. The molecule has 0 radical (unpaired) electrons. The molecule has 2 N–H and O–H groups in total. The van der Waals surface area contributed by atoms with Gasteiger partial charge >= 0.3 is 0 Å². The van der Waals surface area contributed by atoms with Crippen molar-refractivity contribution >= 4 is 35.2 Å². The molecular formula is C18H22ClN3O5.